The predicted molar refractivity (Wildman–Crippen MR) is 84.8 cm³/mol. The highest BCUT2D eigenvalue weighted by atomic mass is 32.1. The Labute approximate surface area is 126 Å². The summed E-state index contributed by atoms with van der Waals surface area (Å²) in [6, 6.07) is 9.43. The van der Waals surface area contributed by atoms with Crippen LogP contribution < -0.4 is 5.32 Å². The largest absolute Gasteiger partial charge is 0.440 e. The maximum atomic E-state index is 12.0. The van der Waals surface area contributed by atoms with E-state index in [1.54, 1.807) is 11.3 Å². The fourth-order valence-corrected chi connectivity index (χ4v) is 2.75. The molecule has 0 unspecified atom stereocenters. The van der Waals surface area contributed by atoms with E-state index in [0.29, 0.717) is 12.3 Å². The fourth-order valence-electron chi connectivity index (χ4n) is 2.05. The number of oxazole rings is 1. The molecule has 1 aromatic carbocycles. The first-order valence-corrected chi connectivity index (χ1v) is 7.72. The van der Waals surface area contributed by atoms with Crippen molar-refractivity contribution in [2.75, 3.05) is 5.32 Å². The minimum atomic E-state index is -0.0237. The van der Waals surface area contributed by atoms with Gasteiger partial charge in [0.05, 0.1) is 6.42 Å². The summed E-state index contributed by atoms with van der Waals surface area (Å²) >= 11 is 1.58. The Morgan fingerprint density at radius 1 is 1.38 bits per heavy atom. The van der Waals surface area contributed by atoms with Gasteiger partial charge in [0.1, 0.15) is 5.52 Å². The van der Waals surface area contributed by atoms with Crippen LogP contribution in [0.15, 0.2) is 40.1 Å². The number of anilines is 1. The second kappa shape index (κ2) is 5.69. The fraction of sp³-hybridized carbons (Fsp3) is 0.250. The third kappa shape index (κ3) is 3.13. The van der Waals surface area contributed by atoms with E-state index in [1.165, 1.54) is 0 Å². The maximum Gasteiger partial charge on any atom is 0.229 e. The van der Waals surface area contributed by atoms with Crippen molar-refractivity contribution in [2.24, 2.45) is 0 Å². The number of aromatic nitrogens is 1. The normalized spacial score (nSPS) is 11.2. The Hall–Kier alpha value is -2.14. The zero-order valence-electron chi connectivity index (χ0n) is 11.9. The van der Waals surface area contributed by atoms with Gasteiger partial charge >= 0.3 is 0 Å². The molecule has 0 aliphatic heterocycles. The minimum Gasteiger partial charge on any atom is -0.440 e. The van der Waals surface area contributed by atoms with Crippen molar-refractivity contribution < 1.29 is 9.21 Å². The topological polar surface area (TPSA) is 55.1 Å². The van der Waals surface area contributed by atoms with Gasteiger partial charge in [-0.1, -0.05) is 19.9 Å². The minimum absolute atomic E-state index is 0.0237. The Morgan fingerprint density at radius 3 is 2.95 bits per heavy atom. The molecule has 2 heterocycles. The summed E-state index contributed by atoms with van der Waals surface area (Å²) in [5.74, 6) is 0.936. The molecule has 1 amide bonds. The van der Waals surface area contributed by atoms with Gasteiger partial charge in [0.15, 0.2) is 11.5 Å². The zero-order valence-corrected chi connectivity index (χ0v) is 12.7. The molecular weight excluding hydrogens is 284 g/mol. The lowest BCUT2D eigenvalue weighted by Crippen LogP contribution is -2.13. The highest BCUT2D eigenvalue weighted by Gasteiger charge is 2.11. The molecule has 1 N–H and O–H groups in total. The van der Waals surface area contributed by atoms with E-state index < -0.39 is 0 Å². The number of fused-ring (bicyclic) bond motifs is 1. The Balaban J connectivity index is 1.76. The standard InChI is InChI=1S/C16H16N2O2S/c1-10(2)16-18-13-8-11(5-6-14(13)20-16)17-15(19)9-12-4-3-7-21-12/h3-8,10H,9H2,1-2H3,(H,17,19). The number of amides is 1. The molecule has 5 heteroatoms. The summed E-state index contributed by atoms with van der Waals surface area (Å²) in [5.41, 5.74) is 2.26. The van der Waals surface area contributed by atoms with Crippen LogP contribution in [0.3, 0.4) is 0 Å². The van der Waals surface area contributed by atoms with E-state index in [1.807, 2.05) is 49.6 Å². The molecule has 0 atom stereocenters. The number of carbonyl (C=O) groups is 1. The van der Waals surface area contributed by atoms with E-state index >= 15 is 0 Å². The summed E-state index contributed by atoms with van der Waals surface area (Å²) in [6.45, 7) is 4.07. The van der Waals surface area contributed by atoms with Gasteiger partial charge in [-0.05, 0) is 29.6 Å². The quantitative estimate of drug-likeness (QED) is 0.786. The van der Waals surface area contributed by atoms with Gasteiger partial charge in [0.2, 0.25) is 5.91 Å². The van der Waals surface area contributed by atoms with E-state index in [2.05, 4.69) is 10.3 Å². The molecule has 0 saturated carbocycles. The van der Waals surface area contributed by atoms with Crippen LogP contribution in [0.1, 0.15) is 30.5 Å². The van der Waals surface area contributed by atoms with Crippen LogP contribution in [0.4, 0.5) is 5.69 Å². The van der Waals surface area contributed by atoms with Crippen molar-refractivity contribution in [3.05, 3.63) is 46.5 Å². The van der Waals surface area contributed by atoms with Crippen LogP contribution in [0.25, 0.3) is 11.1 Å². The third-order valence-electron chi connectivity index (χ3n) is 3.10. The number of nitrogens with zero attached hydrogens (tertiary/aromatic N) is 1. The second-order valence-electron chi connectivity index (χ2n) is 5.19. The third-order valence-corrected chi connectivity index (χ3v) is 3.97. The van der Waals surface area contributed by atoms with Crippen LogP contribution in [-0.2, 0) is 11.2 Å². The molecule has 0 bridgehead atoms. The van der Waals surface area contributed by atoms with E-state index in [-0.39, 0.29) is 11.8 Å². The Bertz CT molecular complexity index is 760. The maximum absolute atomic E-state index is 12.0. The molecule has 3 aromatic rings. The lowest BCUT2D eigenvalue weighted by Gasteiger charge is -2.03. The van der Waals surface area contributed by atoms with Gasteiger partial charge in [-0.25, -0.2) is 4.98 Å². The number of thiophene rings is 1. The second-order valence-corrected chi connectivity index (χ2v) is 6.23. The molecule has 0 radical (unpaired) electrons. The molecular formula is C16H16N2O2S. The number of benzene rings is 1. The number of nitrogens with one attached hydrogen (secondary N) is 1. The molecule has 0 fully saturated rings. The average molecular weight is 300 g/mol. The van der Waals surface area contributed by atoms with Crippen LogP contribution >= 0.6 is 11.3 Å². The average Bonchev–Trinajstić information content (AvgIpc) is 3.06. The van der Waals surface area contributed by atoms with Gasteiger partial charge in [0.25, 0.3) is 0 Å². The molecule has 3 rings (SSSR count). The highest BCUT2D eigenvalue weighted by molar-refractivity contribution is 7.10. The summed E-state index contributed by atoms with van der Waals surface area (Å²) in [6.07, 6.45) is 0.395. The van der Waals surface area contributed by atoms with Crippen molar-refractivity contribution in [1.29, 1.82) is 0 Å². The van der Waals surface area contributed by atoms with E-state index in [0.717, 1.165) is 21.7 Å². The molecule has 108 valence electrons. The smallest absolute Gasteiger partial charge is 0.229 e. The number of rotatable bonds is 4. The summed E-state index contributed by atoms with van der Waals surface area (Å²) < 4.78 is 5.65. The van der Waals surface area contributed by atoms with Gasteiger partial charge < -0.3 is 9.73 Å². The molecule has 0 spiro atoms. The van der Waals surface area contributed by atoms with E-state index in [9.17, 15) is 4.79 Å². The SMILES string of the molecule is CC(C)c1nc2cc(NC(=O)Cc3cccs3)ccc2o1. The molecule has 0 saturated heterocycles. The van der Waals surface area contributed by atoms with Crippen LogP contribution in [0.2, 0.25) is 0 Å². The molecule has 0 aliphatic rings. The van der Waals surface area contributed by atoms with Gasteiger partial charge in [-0.15, -0.1) is 11.3 Å². The monoisotopic (exact) mass is 300 g/mol. The summed E-state index contributed by atoms with van der Waals surface area (Å²) in [7, 11) is 0. The van der Waals surface area contributed by atoms with Crippen molar-refractivity contribution in [3.8, 4) is 0 Å². The van der Waals surface area contributed by atoms with Crippen LogP contribution in [-0.4, -0.2) is 10.9 Å². The van der Waals surface area contributed by atoms with Crippen molar-refractivity contribution in [2.45, 2.75) is 26.2 Å². The molecule has 2 aromatic heterocycles. The van der Waals surface area contributed by atoms with Crippen molar-refractivity contribution in [1.82, 2.24) is 4.98 Å². The number of carbonyl (C=O) groups excluding carboxylic acids is 1. The number of hydrogen-bond acceptors (Lipinski definition) is 4. The van der Waals surface area contributed by atoms with Crippen molar-refractivity contribution >= 4 is 34.0 Å². The Morgan fingerprint density at radius 2 is 2.24 bits per heavy atom. The molecule has 0 aliphatic carbocycles. The molecule has 4 nitrogen and oxygen atoms in total. The van der Waals surface area contributed by atoms with Crippen LogP contribution in [0.5, 0.6) is 0 Å². The van der Waals surface area contributed by atoms with Crippen LogP contribution in [0, 0.1) is 0 Å². The summed E-state index contributed by atoms with van der Waals surface area (Å²) in [4.78, 5) is 17.5. The molecule has 21 heavy (non-hydrogen) atoms. The first kappa shape index (κ1) is 13.8. The first-order chi connectivity index (χ1) is 10.1. The van der Waals surface area contributed by atoms with Crippen molar-refractivity contribution in [3.63, 3.8) is 0 Å². The van der Waals surface area contributed by atoms with Gasteiger partial charge in [-0.2, -0.15) is 0 Å². The zero-order chi connectivity index (χ0) is 14.8. The van der Waals surface area contributed by atoms with Gasteiger partial charge in [-0.3, -0.25) is 4.79 Å². The first-order valence-electron chi connectivity index (χ1n) is 6.84. The lowest BCUT2D eigenvalue weighted by molar-refractivity contribution is -0.115. The van der Waals surface area contributed by atoms with E-state index in [4.69, 9.17) is 4.42 Å². The lowest BCUT2D eigenvalue weighted by atomic mass is 10.2. The predicted octanol–water partition coefficient (Wildman–Crippen LogP) is 4.19. The highest BCUT2D eigenvalue weighted by Crippen LogP contribution is 2.24. The Kier molecular flexibility index (Phi) is 3.75. The van der Waals surface area contributed by atoms with Gasteiger partial charge in [0, 0.05) is 16.5 Å². The number of hydrogen-bond donors (Lipinski definition) is 1. The summed E-state index contributed by atoms with van der Waals surface area (Å²) in [5, 5.41) is 4.87.